The van der Waals surface area contributed by atoms with Gasteiger partial charge in [-0.25, -0.2) is 0 Å². The zero-order valence-electron chi connectivity index (χ0n) is 11.1. The Morgan fingerprint density at radius 1 is 1.18 bits per heavy atom. The molecule has 1 N–H and O–H groups in total. The van der Waals surface area contributed by atoms with E-state index in [0.29, 0.717) is 0 Å². The van der Waals surface area contributed by atoms with Crippen molar-refractivity contribution in [2.75, 3.05) is 0 Å². The van der Waals surface area contributed by atoms with Gasteiger partial charge in [0, 0.05) is 5.92 Å². The summed E-state index contributed by atoms with van der Waals surface area (Å²) in [6, 6.07) is 9.77. The highest BCUT2D eigenvalue weighted by atomic mass is 28.3. The van der Waals surface area contributed by atoms with Crippen LogP contribution in [-0.4, -0.2) is 13.2 Å². The maximum Gasteiger partial charge on any atom is 0.0856 e. The van der Waals surface area contributed by atoms with Crippen LogP contribution in [-0.2, 0) is 0 Å². The molecule has 0 unspecified atom stereocenters. The predicted molar refractivity (Wildman–Crippen MR) is 76.6 cm³/mol. The summed E-state index contributed by atoms with van der Waals surface area (Å²) in [4.78, 5) is 0. The lowest BCUT2D eigenvalue weighted by molar-refractivity contribution is 0.140. The fraction of sp³-hybridized carbons (Fsp3) is 0.400. The van der Waals surface area contributed by atoms with Crippen LogP contribution in [0.25, 0.3) is 0 Å². The molecule has 1 aromatic rings. The Morgan fingerprint density at radius 2 is 1.76 bits per heavy atom. The van der Waals surface area contributed by atoms with Crippen molar-refractivity contribution in [3.8, 4) is 0 Å². The highest BCUT2D eigenvalue weighted by Crippen LogP contribution is 2.22. The molecule has 0 saturated carbocycles. The second kappa shape index (κ2) is 6.01. The third-order valence-electron chi connectivity index (χ3n) is 2.51. The van der Waals surface area contributed by atoms with Crippen molar-refractivity contribution < 1.29 is 5.11 Å². The van der Waals surface area contributed by atoms with Crippen LogP contribution in [0.3, 0.4) is 0 Å². The molecule has 1 rings (SSSR count). The summed E-state index contributed by atoms with van der Waals surface area (Å²) in [6.45, 7) is 8.83. The number of aliphatic hydroxyl groups is 1. The van der Waals surface area contributed by atoms with E-state index in [2.05, 4.69) is 31.1 Å². The van der Waals surface area contributed by atoms with Crippen LogP contribution < -0.4 is 0 Å². The Morgan fingerprint density at radius 3 is 2.29 bits per heavy atom. The normalized spacial score (nSPS) is 14.6. The highest BCUT2D eigenvalue weighted by Gasteiger charge is 2.13. The molecule has 2 heteroatoms. The maximum atomic E-state index is 10.1. The van der Waals surface area contributed by atoms with Gasteiger partial charge in [-0.05, 0) is 11.6 Å². The van der Waals surface area contributed by atoms with Gasteiger partial charge < -0.3 is 5.11 Å². The Kier molecular flexibility index (Phi) is 4.95. The van der Waals surface area contributed by atoms with Gasteiger partial charge in [0.1, 0.15) is 0 Å². The van der Waals surface area contributed by atoms with Crippen LogP contribution >= 0.6 is 0 Å². The van der Waals surface area contributed by atoms with E-state index in [1.165, 1.54) is 0 Å². The molecule has 17 heavy (non-hydrogen) atoms. The summed E-state index contributed by atoms with van der Waals surface area (Å²) in [5, 5.41) is 10.1. The lowest BCUT2D eigenvalue weighted by atomic mass is 9.98. The molecular formula is C15H22OSi. The summed E-state index contributed by atoms with van der Waals surface area (Å²) < 4.78 is 0. The van der Waals surface area contributed by atoms with Crippen LogP contribution in [0.4, 0.5) is 0 Å². The SMILES string of the molecule is C[C@H](C=C=C[Si](C)(C)C)[C@@H](O)c1ccccc1. The van der Waals surface area contributed by atoms with E-state index in [-0.39, 0.29) is 5.92 Å². The van der Waals surface area contributed by atoms with Gasteiger partial charge in [0.25, 0.3) is 0 Å². The first-order chi connectivity index (χ1) is 7.90. The molecule has 0 fully saturated rings. The topological polar surface area (TPSA) is 20.2 Å². The lowest BCUT2D eigenvalue weighted by Gasteiger charge is -2.15. The van der Waals surface area contributed by atoms with Crippen LogP contribution in [0.1, 0.15) is 18.6 Å². The number of aliphatic hydroxyl groups excluding tert-OH is 1. The monoisotopic (exact) mass is 246 g/mol. The average Bonchev–Trinajstić information content (AvgIpc) is 2.27. The minimum Gasteiger partial charge on any atom is -0.388 e. The molecule has 92 valence electrons. The van der Waals surface area contributed by atoms with Crippen LogP contribution in [0, 0.1) is 5.92 Å². The van der Waals surface area contributed by atoms with E-state index in [4.69, 9.17) is 0 Å². The Bertz CT molecular complexity index is 397. The van der Waals surface area contributed by atoms with Gasteiger partial charge in [-0.1, -0.05) is 62.6 Å². The molecule has 0 bridgehead atoms. The third-order valence-corrected chi connectivity index (χ3v) is 3.55. The van der Waals surface area contributed by atoms with Gasteiger partial charge in [-0.15, -0.1) is 5.73 Å². The molecule has 0 radical (unpaired) electrons. The largest absolute Gasteiger partial charge is 0.388 e. The molecule has 2 atom stereocenters. The molecule has 1 nitrogen and oxygen atoms in total. The Hall–Kier alpha value is -1.08. The molecular weight excluding hydrogens is 224 g/mol. The van der Waals surface area contributed by atoms with Crippen molar-refractivity contribution in [2.45, 2.75) is 32.7 Å². The maximum absolute atomic E-state index is 10.1. The Labute approximate surface area is 106 Å². The van der Waals surface area contributed by atoms with Crippen molar-refractivity contribution in [3.63, 3.8) is 0 Å². The lowest BCUT2D eigenvalue weighted by Crippen LogP contribution is -2.14. The fourth-order valence-electron chi connectivity index (χ4n) is 1.49. The third kappa shape index (κ3) is 5.18. The molecule has 1 aromatic carbocycles. The van der Waals surface area contributed by atoms with Crippen molar-refractivity contribution in [1.82, 2.24) is 0 Å². The molecule has 0 aliphatic heterocycles. The summed E-state index contributed by atoms with van der Waals surface area (Å²) in [6.07, 6.45) is 1.52. The van der Waals surface area contributed by atoms with Crippen molar-refractivity contribution in [1.29, 1.82) is 0 Å². The van der Waals surface area contributed by atoms with E-state index >= 15 is 0 Å². The van der Waals surface area contributed by atoms with Gasteiger partial charge in [-0.2, -0.15) is 0 Å². The summed E-state index contributed by atoms with van der Waals surface area (Å²) >= 11 is 0. The van der Waals surface area contributed by atoms with Gasteiger partial charge in [0.15, 0.2) is 0 Å². The number of hydrogen-bond acceptors (Lipinski definition) is 1. The molecule has 0 aliphatic carbocycles. The first-order valence-electron chi connectivity index (χ1n) is 6.07. The molecule has 0 aliphatic rings. The van der Waals surface area contributed by atoms with E-state index in [1.807, 2.05) is 43.3 Å². The first-order valence-corrected chi connectivity index (χ1v) is 9.64. The van der Waals surface area contributed by atoms with Crippen LogP contribution in [0.2, 0.25) is 19.6 Å². The Balaban J connectivity index is 2.72. The first kappa shape index (κ1) is 14.0. The van der Waals surface area contributed by atoms with Crippen LogP contribution in [0.15, 0.2) is 47.8 Å². The summed E-state index contributed by atoms with van der Waals surface area (Å²) in [7, 11) is -1.19. The van der Waals surface area contributed by atoms with Gasteiger partial charge >= 0.3 is 0 Å². The molecule has 0 heterocycles. The quantitative estimate of drug-likeness (QED) is 0.630. The fourth-order valence-corrected chi connectivity index (χ4v) is 2.09. The number of rotatable bonds is 4. The van der Waals surface area contributed by atoms with E-state index in [0.717, 1.165) is 5.56 Å². The average molecular weight is 246 g/mol. The zero-order valence-corrected chi connectivity index (χ0v) is 12.1. The number of hydrogen-bond donors (Lipinski definition) is 1. The molecule has 0 spiro atoms. The molecule has 0 aromatic heterocycles. The smallest absolute Gasteiger partial charge is 0.0856 e. The predicted octanol–water partition coefficient (Wildman–Crippen LogP) is 3.94. The van der Waals surface area contributed by atoms with E-state index in [9.17, 15) is 5.11 Å². The van der Waals surface area contributed by atoms with Gasteiger partial charge in [0.2, 0.25) is 0 Å². The van der Waals surface area contributed by atoms with Crippen molar-refractivity contribution in [2.24, 2.45) is 5.92 Å². The van der Waals surface area contributed by atoms with Crippen LogP contribution in [0.5, 0.6) is 0 Å². The highest BCUT2D eigenvalue weighted by molar-refractivity contribution is 6.80. The molecule has 0 amide bonds. The summed E-state index contributed by atoms with van der Waals surface area (Å²) in [5.74, 6) is 0.0880. The standard InChI is InChI=1S/C15H22OSi/c1-13(9-8-12-17(2,3)4)15(16)14-10-6-5-7-11-14/h5-7,9-13,15-16H,1-4H3/t8?,13-,15-/m1/s1. The molecule has 0 saturated heterocycles. The second-order valence-corrected chi connectivity index (χ2v) is 10.6. The van der Waals surface area contributed by atoms with Gasteiger partial charge in [0.05, 0.1) is 14.2 Å². The minimum atomic E-state index is -1.19. The number of benzene rings is 1. The van der Waals surface area contributed by atoms with E-state index < -0.39 is 14.2 Å². The van der Waals surface area contributed by atoms with Crippen molar-refractivity contribution >= 4 is 8.07 Å². The van der Waals surface area contributed by atoms with Gasteiger partial charge in [-0.3, -0.25) is 0 Å². The summed E-state index contributed by atoms with van der Waals surface area (Å²) in [5.41, 5.74) is 6.36. The zero-order chi connectivity index (χ0) is 12.9. The second-order valence-electron chi connectivity index (χ2n) is 5.56. The van der Waals surface area contributed by atoms with E-state index in [1.54, 1.807) is 0 Å². The van der Waals surface area contributed by atoms with Crippen molar-refractivity contribution in [3.05, 3.63) is 53.4 Å². The minimum absolute atomic E-state index is 0.0880.